The van der Waals surface area contributed by atoms with E-state index in [2.05, 4.69) is 10.6 Å². The molecular weight excluding hydrogens is 330 g/mol. The Morgan fingerprint density at radius 3 is 2.20 bits per heavy atom. The van der Waals surface area contributed by atoms with Crippen LogP contribution in [-0.2, 0) is 19.2 Å². The van der Waals surface area contributed by atoms with Crippen LogP contribution < -0.4 is 16.4 Å². The Kier molecular flexibility index (Phi) is 8.90. The minimum atomic E-state index is -1.23. The highest BCUT2D eigenvalue weighted by Crippen LogP contribution is 2.26. The average Bonchev–Trinajstić information content (AvgIpc) is 2.56. The molecule has 25 heavy (non-hydrogen) atoms. The highest BCUT2D eigenvalue weighted by atomic mass is 16.4. The van der Waals surface area contributed by atoms with Gasteiger partial charge in [-0.2, -0.15) is 0 Å². The largest absolute Gasteiger partial charge is 0.481 e. The van der Waals surface area contributed by atoms with E-state index in [4.69, 9.17) is 15.9 Å². The van der Waals surface area contributed by atoms with Gasteiger partial charge in [-0.1, -0.05) is 32.1 Å². The number of hydrogen-bond acceptors (Lipinski definition) is 5. The minimum absolute atomic E-state index is 0.136. The molecule has 0 bridgehead atoms. The monoisotopic (exact) mass is 357 g/mol. The normalized spacial score (nSPS) is 17.3. The summed E-state index contributed by atoms with van der Waals surface area (Å²) in [5.41, 5.74) is 5.92. The van der Waals surface area contributed by atoms with Crippen LogP contribution in [0.1, 0.15) is 51.4 Å². The predicted octanol–water partition coefficient (Wildman–Crippen LogP) is -0.165. The third-order valence-corrected chi connectivity index (χ3v) is 4.34. The number of aliphatic carboxylic acids is 2. The maximum atomic E-state index is 12.2. The van der Waals surface area contributed by atoms with Gasteiger partial charge in [-0.15, -0.1) is 0 Å². The van der Waals surface area contributed by atoms with E-state index in [1.54, 1.807) is 0 Å². The van der Waals surface area contributed by atoms with Gasteiger partial charge >= 0.3 is 11.9 Å². The van der Waals surface area contributed by atoms with Gasteiger partial charge in [-0.25, -0.2) is 0 Å². The third-order valence-electron chi connectivity index (χ3n) is 4.34. The summed E-state index contributed by atoms with van der Waals surface area (Å²) >= 11 is 0. The van der Waals surface area contributed by atoms with Crippen molar-refractivity contribution in [1.29, 1.82) is 0 Å². The van der Waals surface area contributed by atoms with Crippen LogP contribution in [0.25, 0.3) is 0 Å². The Bertz CT molecular complexity index is 490. The van der Waals surface area contributed by atoms with E-state index in [-0.39, 0.29) is 12.8 Å². The smallest absolute Gasteiger partial charge is 0.322 e. The molecule has 1 aliphatic carbocycles. The lowest BCUT2D eigenvalue weighted by molar-refractivity contribution is -0.140. The summed E-state index contributed by atoms with van der Waals surface area (Å²) in [6.07, 6.45) is 5.56. The zero-order chi connectivity index (χ0) is 18.8. The SMILES string of the molecule is N[C@@H](CC1CCCCC1)C(=O)N[C@@H](CCC(=O)O)C(=O)NCC(=O)O. The lowest BCUT2D eigenvalue weighted by Gasteiger charge is -2.25. The first kappa shape index (κ1) is 20.9. The number of nitrogens with one attached hydrogen (secondary N) is 2. The topological polar surface area (TPSA) is 159 Å². The van der Waals surface area contributed by atoms with Crippen molar-refractivity contribution in [3.8, 4) is 0 Å². The highest BCUT2D eigenvalue weighted by molar-refractivity contribution is 5.91. The Hall–Kier alpha value is -2.16. The molecule has 6 N–H and O–H groups in total. The molecule has 1 saturated carbocycles. The van der Waals surface area contributed by atoms with E-state index in [1.807, 2.05) is 0 Å². The summed E-state index contributed by atoms with van der Waals surface area (Å²) in [5, 5.41) is 22.0. The van der Waals surface area contributed by atoms with Crippen molar-refractivity contribution >= 4 is 23.8 Å². The first-order valence-corrected chi connectivity index (χ1v) is 8.56. The molecule has 0 aromatic carbocycles. The summed E-state index contributed by atoms with van der Waals surface area (Å²) < 4.78 is 0. The second kappa shape index (κ2) is 10.7. The lowest BCUT2D eigenvalue weighted by atomic mass is 9.85. The third kappa shape index (κ3) is 8.48. The standard InChI is InChI=1S/C16H27N3O6/c17-11(8-10-4-2-1-3-5-10)15(24)19-12(6-7-13(20)21)16(25)18-9-14(22)23/h10-12H,1-9,17H2,(H,18,25)(H,19,24)(H,20,21)(H,22,23)/t11-,12-/m0/s1. The average molecular weight is 357 g/mol. The van der Waals surface area contributed by atoms with Crippen LogP contribution in [0.4, 0.5) is 0 Å². The molecule has 2 atom stereocenters. The summed E-state index contributed by atoms with van der Waals surface area (Å²) in [6.45, 7) is -0.605. The number of carbonyl (C=O) groups is 4. The zero-order valence-electron chi connectivity index (χ0n) is 14.2. The van der Waals surface area contributed by atoms with Crippen LogP contribution in [0.3, 0.4) is 0 Å². The van der Waals surface area contributed by atoms with Crippen molar-refractivity contribution < 1.29 is 29.4 Å². The van der Waals surface area contributed by atoms with E-state index in [0.717, 1.165) is 25.7 Å². The van der Waals surface area contributed by atoms with Crippen LogP contribution >= 0.6 is 0 Å². The molecule has 0 spiro atoms. The van der Waals surface area contributed by atoms with Crippen LogP contribution in [0.2, 0.25) is 0 Å². The van der Waals surface area contributed by atoms with E-state index in [0.29, 0.717) is 12.3 Å². The predicted molar refractivity (Wildman–Crippen MR) is 88.6 cm³/mol. The van der Waals surface area contributed by atoms with Crippen molar-refractivity contribution in [3.63, 3.8) is 0 Å². The van der Waals surface area contributed by atoms with E-state index < -0.39 is 42.4 Å². The Morgan fingerprint density at radius 1 is 1.00 bits per heavy atom. The Morgan fingerprint density at radius 2 is 1.64 bits per heavy atom. The fraction of sp³-hybridized carbons (Fsp3) is 0.750. The van der Waals surface area contributed by atoms with Gasteiger partial charge in [0, 0.05) is 6.42 Å². The number of hydrogen-bond donors (Lipinski definition) is 5. The zero-order valence-corrected chi connectivity index (χ0v) is 14.2. The number of rotatable bonds is 10. The molecule has 9 heteroatoms. The Balaban J connectivity index is 2.57. The summed E-state index contributed by atoms with van der Waals surface area (Å²) in [6, 6.07) is -1.90. The fourth-order valence-electron chi connectivity index (χ4n) is 2.99. The minimum Gasteiger partial charge on any atom is -0.481 e. The number of carboxylic acid groups (broad SMARTS) is 2. The number of amides is 2. The highest BCUT2D eigenvalue weighted by Gasteiger charge is 2.26. The Labute approximate surface area is 146 Å². The quantitative estimate of drug-likeness (QED) is 0.363. The van der Waals surface area contributed by atoms with Gasteiger partial charge in [-0.05, 0) is 18.8 Å². The molecule has 0 aliphatic heterocycles. The number of carboxylic acids is 2. The van der Waals surface area contributed by atoms with Gasteiger partial charge in [0.2, 0.25) is 11.8 Å². The van der Waals surface area contributed by atoms with Crippen LogP contribution in [-0.4, -0.2) is 52.6 Å². The van der Waals surface area contributed by atoms with Crippen LogP contribution in [0, 0.1) is 5.92 Å². The van der Waals surface area contributed by atoms with E-state index in [9.17, 15) is 19.2 Å². The molecule has 0 unspecified atom stereocenters. The molecule has 1 aliphatic rings. The van der Waals surface area contributed by atoms with Gasteiger partial charge in [0.15, 0.2) is 0 Å². The molecule has 1 rings (SSSR count). The van der Waals surface area contributed by atoms with E-state index >= 15 is 0 Å². The molecule has 1 fully saturated rings. The maximum Gasteiger partial charge on any atom is 0.322 e. The summed E-state index contributed by atoms with van der Waals surface area (Å²) in [7, 11) is 0. The second-order valence-electron chi connectivity index (χ2n) is 6.45. The molecular formula is C16H27N3O6. The van der Waals surface area contributed by atoms with Gasteiger partial charge in [0.05, 0.1) is 6.04 Å². The molecule has 9 nitrogen and oxygen atoms in total. The fourth-order valence-corrected chi connectivity index (χ4v) is 2.99. The van der Waals surface area contributed by atoms with Crippen molar-refractivity contribution in [2.75, 3.05) is 6.54 Å². The maximum absolute atomic E-state index is 12.2. The summed E-state index contributed by atoms with van der Waals surface area (Å²) in [4.78, 5) is 45.5. The van der Waals surface area contributed by atoms with E-state index in [1.165, 1.54) is 6.42 Å². The van der Waals surface area contributed by atoms with Gasteiger partial charge < -0.3 is 26.6 Å². The first-order chi connectivity index (χ1) is 11.8. The van der Waals surface area contributed by atoms with Crippen molar-refractivity contribution in [2.45, 2.75) is 63.5 Å². The molecule has 2 amide bonds. The van der Waals surface area contributed by atoms with Gasteiger partial charge in [0.25, 0.3) is 0 Å². The van der Waals surface area contributed by atoms with Crippen molar-refractivity contribution in [2.24, 2.45) is 11.7 Å². The van der Waals surface area contributed by atoms with Crippen molar-refractivity contribution in [3.05, 3.63) is 0 Å². The number of carbonyl (C=O) groups excluding carboxylic acids is 2. The second-order valence-corrected chi connectivity index (χ2v) is 6.45. The first-order valence-electron chi connectivity index (χ1n) is 8.56. The van der Waals surface area contributed by atoms with Gasteiger partial charge in [0.1, 0.15) is 12.6 Å². The summed E-state index contributed by atoms with van der Waals surface area (Å²) in [5.74, 6) is -3.22. The molecule has 142 valence electrons. The molecule has 0 aromatic rings. The van der Waals surface area contributed by atoms with Gasteiger partial charge in [-0.3, -0.25) is 19.2 Å². The van der Waals surface area contributed by atoms with Crippen LogP contribution in [0.5, 0.6) is 0 Å². The van der Waals surface area contributed by atoms with Crippen LogP contribution in [0.15, 0.2) is 0 Å². The molecule has 0 aromatic heterocycles. The lowest BCUT2D eigenvalue weighted by Crippen LogP contribution is -2.52. The van der Waals surface area contributed by atoms with Crippen molar-refractivity contribution in [1.82, 2.24) is 10.6 Å². The molecule has 0 heterocycles. The number of nitrogens with two attached hydrogens (primary N) is 1. The molecule has 0 saturated heterocycles. The molecule has 0 radical (unpaired) electrons.